The summed E-state index contributed by atoms with van der Waals surface area (Å²) in [6, 6.07) is 15.4. The van der Waals surface area contributed by atoms with E-state index >= 15 is 0 Å². The van der Waals surface area contributed by atoms with Crippen molar-refractivity contribution in [3.63, 3.8) is 0 Å². The molecule has 0 radical (unpaired) electrons. The third kappa shape index (κ3) is 3.90. The van der Waals surface area contributed by atoms with E-state index in [9.17, 15) is 9.59 Å². The molecule has 27 heavy (non-hydrogen) atoms. The first-order valence-corrected chi connectivity index (χ1v) is 10.3. The molecule has 1 saturated carbocycles. The van der Waals surface area contributed by atoms with Crippen molar-refractivity contribution >= 4 is 34.3 Å². The highest BCUT2D eigenvalue weighted by molar-refractivity contribution is 7.98. The van der Waals surface area contributed by atoms with E-state index in [1.165, 1.54) is 0 Å². The van der Waals surface area contributed by atoms with Gasteiger partial charge in [-0.3, -0.25) is 14.2 Å². The van der Waals surface area contributed by atoms with Crippen LogP contribution in [-0.2, 0) is 11.2 Å². The van der Waals surface area contributed by atoms with Crippen LogP contribution in [0.25, 0.3) is 10.9 Å². The van der Waals surface area contributed by atoms with Crippen LogP contribution in [0.2, 0.25) is 0 Å². The van der Waals surface area contributed by atoms with E-state index in [2.05, 4.69) is 10.3 Å². The number of thioether (sulfide) groups is 1. The fourth-order valence-electron chi connectivity index (χ4n) is 3.23. The highest BCUT2D eigenvalue weighted by atomic mass is 32.2. The summed E-state index contributed by atoms with van der Waals surface area (Å²) in [4.78, 5) is 31.0. The number of amides is 1. The van der Waals surface area contributed by atoms with Crippen molar-refractivity contribution < 1.29 is 4.79 Å². The summed E-state index contributed by atoms with van der Waals surface area (Å²) in [5, 5.41) is 3.58. The molecule has 1 N–H and O–H groups in total. The Balaban J connectivity index is 1.53. The molecule has 0 saturated heterocycles. The third-order valence-corrected chi connectivity index (χ3v) is 5.45. The van der Waals surface area contributed by atoms with E-state index in [4.69, 9.17) is 0 Å². The van der Waals surface area contributed by atoms with Crippen molar-refractivity contribution in [3.05, 3.63) is 64.7 Å². The van der Waals surface area contributed by atoms with E-state index in [1.807, 2.05) is 54.8 Å². The summed E-state index contributed by atoms with van der Waals surface area (Å²) in [6.07, 6.45) is 4.75. The molecular weight excluding hydrogens is 358 g/mol. The predicted molar refractivity (Wildman–Crippen MR) is 109 cm³/mol. The number of fused-ring (bicyclic) bond motifs is 1. The standard InChI is InChI=1S/C21H21N3O2S/c1-27-16-6-4-5-14(13-16)22-20(25)12-11-19-23-18-8-3-2-7-17(18)21(26)24(19)15-9-10-15/h2-8,13,15H,9-12H2,1H3,(H,22,25). The van der Waals surface area contributed by atoms with Crippen LogP contribution in [0, 0.1) is 0 Å². The monoisotopic (exact) mass is 379 g/mol. The maximum Gasteiger partial charge on any atom is 0.261 e. The molecule has 0 spiro atoms. The zero-order valence-electron chi connectivity index (χ0n) is 15.1. The highest BCUT2D eigenvalue weighted by Gasteiger charge is 2.28. The fourth-order valence-corrected chi connectivity index (χ4v) is 3.69. The van der Waals surface area contributed by atoms with Gasteiger partial charge in [0.1, 0.15) is 5.82 Å². The van der Waals surface area contributed by atoms with Gasteiger partial charge in [-0.05, 0) is 49.4 Å². The molecule has 1 aromatic heterocycles. The van der Waals surface area contributed by atoms with Crippen LogP contribution in [-0.4, -0.2) is 21.7 Å². The molecular formula is C21H21N3O2S. The minimum absolute atomic E-state index is 0.00572. The first kappa shape index (κ1) is 17.8. The molecule has 1 amide bonds. The second kappa shape index (κ2) is 7.56. The zero-order chi connectivity index (χ0) is 18.8. The van der Waals surface area contributed by atoms with Crippen molar-refractivity contribution in [2.24, 2.45) is 0 Å². The zero-order valence-corrected chi connectivity index (χ0v) is 16.0. The lowest BCUT2D eigenvalue weighted by atomic mass is 10.2. The molecule has 138 valence electrons. The fraction of sp³-hybridized carbons (Fsp3) is 0.286. The Bertz CT molecular complexity index is 1060. The smallest absolute Gasteiger partial charge is 0.261 e. The van der Waals surface area contributed by atoms with Crippen LogP contribution in [0.1, 0.15) is 31.1 Å². The van der Waals surface area contributed by atoms with Crippen LogP contribution in [0.15, 0.2) is 58.2 Å². The number of hydrogen-bond donors (Lipinski definition) is 1. The minimum Gasteiger partial charge on any atom is -0.326 e. The molecule has 0 atom stereocenters. The second-order valence-corrected chi connectivity index (χ2v) is 7.61. The number of hydrogen-bond acceptors (Lipinski definition) is 4. The average Bonchev–Trinajstić information content (AvgIpc) is 3.51. The Labute approximate surface area is 161 Å². The normalized spacial score (nSPS) is 13.7. The number of carbonyl (C=O) groups is 1. The predicted octanol–water partition coefficient (Wildman–Crippen LogP) is 4.02. The summed E-state index contributed by atoms with van der Waals surface area (Å²) < 4.78 is 1.80. The van der Waals surface area contributed by atoms with Crippen molar-refractivity contribution in [2.75, 3.05) is 11.6 Å². The van der Waals surface area contributed by atoms with Gasteiger partial charge in [-0.2, -0.15) is 0 Å². The number of anilines is 1. The van der Waals surface area contributed by atoms with Gasteiger partial charge in [0.05, 0.1) is 10.9 Å². The molecule has 1 heterocycles. The topological polar surface area (TPSA) is 64.0 Å². The van der Waals surface area contributed by atoms with Gasteiger partial charge < -0.3 is 5.32 Å². The number of nitrogens with one attached hydrogen (secondary N) is 1. The molecule has 1 aliphatic rings. The third-order valence-electron chi connectivity index (χ3n) is 4.72. The van der Waals surface area contributed by atoms with Crippen molar-refractivity contribution in [2.45, 2.75) is 36.6 Å². The Morgan fingerprint density at radius 2 is 2.04 bits per heavy atom. The quantitative estimate of drug-likeness (QED) is 0.657. The summed E-state index contributed by atoms with van der Waals surface area (Å²) in [6.45, 7) is 0. The second-order valence-electron chi connectivity index (χ2n) is 6.73. The molecule has 6 heteroatoms. The van der Waals surface area contributed by atoms with Gasteiger partial charge in [-0.15, -0.1) is 11.8 Å². The molecule has 1 fully saturated rings. The van der Waals surface area contributed by atoms with Gasteiger partial charge in [0.25, 0.3) is 5.56 Å². The van der Waals surface area contributed by atoms with Crippen LogP contribution in [0.4, 0.5) is 5.69 Å². The average molecular weight is 379 g/mol. The van der Waals surface area contributed by atoms with Gasteiger partial charge in [0.2, 0.25) is 5.91 Å². The lowest BCUT2D eigenvalue weighted by Gasteiger charge is -2.13. The summed E-state index contributed by atoms with van der Waals surface area (Å²) >= 11 is 1.64. The number of rotatable bonds is 6. The van der Waals surface area contributed by atoms with Gasteiger partial charge in [-0.1, -0.05) is 18.2 Å². The number of carbonyl (C=O) groups excluding carboxylic acids is 1. The minimum atomic E-state index is -0.0713. The van der Waals surface area contributed by atoms with E-state index < -0.39 is 0 Å². The summed E-state index contributed by atoms with van der Waals surface area (Å²) in [7, 11) is 0. The van der Waals surface area contributed by atoms with Crippen LogP contribution in [0.3, 0.4) is 0 Å². The van der Waals surface area contributed by atoms with Gasteiger partial charge >= 0.3 is 0 Å². The molecule has 0 bridgehead atoms. The molecule has 0 unspecified atom stereocenters. The Morgan fingerprint density at radius 3 is 2.81 bits per heavy atom. The van der Waals surface area contributed by atoms with Crippen LogP contribution < -0.4 is 10.9 Å². The Kier molecular flexibility index (Phi) is 4.99. The van der Waals surface area contributed by atoms with Crippen molar-refractivity contribution in [3.8, 4) is 0 Å². The van der Waals surface area contributed by atoms with Gasteiger partial charge in [0, 0.05) is 29.5 Å². The number of nitrogens with zero attached hydrogens (tertiary/aromatic N) is 2. The van der Waals surface area contributed by atoms with E-state index in [0.717, 1.165) is 23.4 Å². The molecule has 2 aromatic carbocycles. The van der Waals surface area contributed by atoms with Gasteiger partial charge in [-0.25, -0.2) is 4.98 Å². The van der Waals surface area contributed by atoms with E-state index in [0.29, 0.717) is 29.6 Å². The number of para-hydroxylation sites is 1. The number of aromatic nitrogens is 2. The SMILES string of the molecule is CSc1cccc(NC(=O)CCc2nc3ccccc3c(=O)n2C2CC2)c1. The number of benzene rings is 2. The Morgan fingerprint density at radius 1 is 1.22 bits per heavy atom. The lowest BCUT2D eigenvalue weighted by Crippen LogP contribution is -2.25. The molecule has 4 rings (SSSR count). The maximum absolute atomic E-state index is 12.9. The number of aryl methyl sites for hydroxylation is 1. The van der Waals surface area contributed by atoms with E-state index in [1.54, 1.807) is 16.3 Å². The molecule has 0 aliphatic heterocycles. The molecule has 5 nitrogen and oxygen atoms in total. The highest BCUT2D eigenvalue weighted by Crippen LogP contribution is 2.35. The molecule has 3 aromatic rings. The first-order valence-electron chi connectivity index (χ1n) is 9.10. The Hall–Kier alpha value is -2.60. The summed E-state index contributed by atoms with van der Waals surface area (Å²) in [5.41, 5.74) is 1.49. The van der Waals surface area contributed by atoms with Gasteiger partial charge in [0.15, 0.2) is 0 Å². The lowest BCUT2D eigenvalue weighted by molar-refractivity contribution is -0.116. The first-order chi connectivity index (χ1) is 13.2. The van der Waals surface area contributed by atoms with E-state index in [-0.39, 0.29) is 17.5 Å². The van der Waals surface area contributed by atoms with Crippen LogP contribution >= 0.6 is 11.8 Å². The largest absolute Gasteiger partial charge is 0.326 e. The van der Waals surface area contributed by atoms with Crippen molar-refractivity contribution in [1.82, 2.24) is 9.55 Å². The summed E-state index contributed by atoms with van der Waals surface area (Å²) in [5.74, 6) is 0.632. The molecule has 1 aliphatic carbocycles. The van der Waals surface area contributed by atoms with Crippen LogP contribution in [0.5, 0.6) is 0 Å². The maximum atomic E-state index is 12.9. The van der Waals surface area contributed by atoms with Crippen molar-refractivity contribution in [1.29, 1.82) is 0 Å².